The van der Waals surface area contributed by atoms with Gasteiger partial charge >= 0.3 is 5.97 Å². The van der Waals surface area contributed by atoms with Gasteiger partial charge in [0.05, 0.1) is 18.7 Å². The second kappa shape index (κ2) is 8.28. The molecule has 0 bridgehead atoms. The Kier molecular flexibility index (Phi) is 6.10. The summed E-state index contributed by atoms with van der Waals surface area (Å²) in [7, 11) is 0. The maximum atomic E-state index is 12.1. The lowest BCUT2D eigenvalue weighted by molar-refractivity contribution is -0.142. The van der Waals surface area contributed by atoms with Crippen LogP contribution in [0.4, 0.5) is 5.13 Å². The van der Waals surface area contributed by atoms with Crippen LogP contribution in [0.2, 0.25) is 0 Å². The molecule has 0 saturated heterocycles. The number of amides is 1. The maximum Gasteiger partial charge on any atom is 0.311 e. The fourth-order valence-electron chi connectivity index (χ4n) is 1.77. The highest BCUT2D eigenvalue weighted by Gasteiger charge is 2.17. The van der Waals surface area contributed by atoms with E-state index in [0.717, 1.165) is 0 Å². The molecule has 1 heterocycles. The van der Waals surface area contributed by atoms with Crippen molar-refractivity contribution in [3.63, 3.8) is 0 Å². The van der Waals surface area contributed by atoms with Gasteiger partial charge in [0, 0.05) is 5.38 Å². The number of benzene rings is 1. The van der Waals surface area contributed by atoms with Gasteiger partial charge in [-0.2, -0.15) is 0 Å². The summed E-state index contributed by atoms with van der Waals surface area (Å²) in [6.07, 6.45) is -0.564. The Hall–Kier alpha value is -2.41. The molecular weight excluding hydrogens is 316 g/mol. The fraction of sp³-hybridized carbons (Fsp3) is 0.312. The van der Waals surface area contributed by atoms with Crippen LogP contribution in [-0.2, 0) is 20.7 Å². The van der Waals surface area contributed by atoms with Crippen molar-refractivity contribution in [3.8, 4) is 5.75 Å². The summed E-state index contributed by atoms with van der Waals surface area (Å²) in [5.41, 5.74) is 0.570. The first-order chi connectivity index (χ1) is 11.1. The van der Waals surface area contributed by atoms with E-state index in [4.69, 9.17) is 9.47 Å². The van der Waals surface area contributed by atoms with Crippen LogP contribution in [0.25, 0.3) is 0 Å². The van der Waals surface area contributed by atoms with E-state index >= 15 is 0 Å². The van der Waals surface area contributed by atoms with E-state index in [1.807, 2.05) is 18.2 Å². The van der Waals surface area contributed by atoms with Crippen LogP contribution in [0.3, 0.4) is 0 Å². The van der Waals surface area contributed by atoms with Crippen molar-refractivity contribution in [2.45, 2.75) is 26.4 Å². The van der Waals surface area contributed by atoms with Crippen molar-refractivity contribution < 1.29 is 19.1 Å². The van der Waals surface area contributed by atoms with Crippen molar-refractivity contribution in [2.24, 2.45) is 0 Å². The zero-order valence-corrected chi connectivity index (χ0v) is 13.8. The largest absolute Gasteiger partial charge is 0.481 e. The van der Waals surface area contributed by atoms with Gasteiger partial charge in [-0.15, -0.1) is 11.3 Å². The molecule has 2 rings (SSSR count). The lowest BCUT2D eigenvalue weighted by Crippen LogP contribution is -2.30. The monoisotopic (exact) mass is 334 g/mol. The van der Waals surface area contributed by atoms with Gasteiger partial charge in [-0.25, -0.2) is 4.98 Å². The number of carbonyl (C=O) groups is 2. The van der Waals surface area contributed by atoms with Gasteiger partial charge in [-0.3, -0.25) is 14.9 Å². The molecule has 0 radical (unpaired) electrons. The second-order valence-corrected chi connectivity index (χ2v) is 5.55. The molecule has 2 aromatic rings. The van der Waals surface area contributed by atoms with Crippen LogP contribution >= 0.6 is 11.3 Å². The molecule has 0 aliphatic heterocycles. The normalized spacial score (nSPS) is 11.6. The summed E-state index contributed by atoms with van der Waals surface area (Å²) in [4.78, 5) is 27.7. The summed E-state index contributed by atoms with van der Waals surface area (Å²) in [5, 5.41) is 4.82. The van der Waals surface area contributed by atoms with Gasteiger partial charge in [-0.1, -0.05) is 18.2 Å². The van der Waals surface area contributed by atoms with E-state index in [1.165, 1.54) is 11.3 Å². The quantitative estimate of drug-likeness (QED) is 0.788. The molecule has 1 aromatic carbocycles. The molecule has 1 N–H and O–H groups in total. The molecule has 0 unspecified atom stereocenters. The molecule has 122 valence electrons. The predicted molar refractivity (Wildman–Crippen MR) is 87.6 cm³/mol. The average Bonchev–Trinajstić information content (AvgIpc) is 2.95. The Labute approximate surface area is 138 Å². The van der Waals surface area contributed by atoms with E-state index in [9.17, 15) is 9.59 Å². The number of rotatable bonds is 7. The number of thiazole rings is 1. The molecular formula is C16H18N2O4S. The molecule has 1 aromatic heterocycles. The minimum Gasteiger partial charge on any atom is -0.481 e. The third kappa shape index (κ3) is 5.37. The van der Waals surface area contributed by atoms with Crippen molar-refractivity contribution in [1.29, 1.82) is 0 Å². The molecule has 0 spiro atoms. The van der Waals surface area contributed by atoms with Crippen molar-refractivity contribution >= 4 is 28.3 Å². The van der Waals surface area contributed by atoms with E-state index in [2.05, 4.69) is 10.3 Å². The number of carbonyl (C=O) groups excluding carboxylic acids is 2. The first-order valence-electron chi connectivity index (χ1n) is 7.21. The molecule has 1 atom stereocenters. The number of anilines is 1. The summed E-state index contributed by atoms with van der Waals surface area (Å²) in [5.74, 6) is -0.0142. The van der Waals surface area contributed by atoms with Crippen LogP contribution in [0.1, 0.15) is 19.5 Å². The number of hydrogen-bond donors (Lipinski definition) is 1. The SMILES string of the molecule is CCOC(=O)Cc1csc(NC(=O)[C@@H](C)Oc2ccccc2)n1. The highest BCUT2D eigenvalue weighted by atomic mass is 32.1. The van der Waals surface area contributed by atoms with Gasteiger partial charge in [0.15, 0.2) is 11.2 Å². The number of nitrogens with one attached hydrogen (secondary N) is 1. The Balaban J connectivity index is 1.87. The van der Waals surface area contributed by atoms with Crippen LogP contribution in [-0.4, -0.2) is 29.6 Å². The molecule has 6 nitrogen and oxygen atoms in total. The molecule has 0 aliphatic carbocycles. The van der Waals surface area contributed by atoms with Gasteiger partial charge < -0.3 is 9.47 Å². The minimum absolute atomic E-state index is 0.0935. The van der Waals surface area contributed by atoms with Crippen LogP contribution < -0.4 is 10.1 Å². The van der Waals surface area contributed by atoms with Crippen LogP contribution in [0.15, 0.2) is 35.7 Å². The number of aromatic nitrogens is 1. The molecule has 0 saturated carbocycles. The number of ether oxygens (including phenoxy) is 2. The van der Waals surface area contributed by atoms with Gasteiger partial charge in [0.2, 0.25) is 0 Å². The lowest BCUT2D eigenvalue weighted by atomic mass is 10.3. The summed E-state index contributed by atoms with van der Waals surface area (Å²) < 4.78 is 10.4. The summed E-state index contributed by atoms with van der Waals surface area (Å²) >= 11 is 1.26. The minimum atomic E-state index is -0.658. The average molecular weight is 334 g/mol. The number of para-hydroxylation sites is 1. The van der Waals surface area contributed by atoms with Crippen LogP contribution in [0, 0.1) is 0 Å². The topological polar surface area (TPSA) is 77.5 Å². The zero-order chi connectivity index (χ0) is 16.7. The molecule has 23 heavy (non-hydrogen) atoms. The lowest BCUT2D eigenvalue weighted by Gasteiger charge is -2.13. The predicted octanol–water partition coefficient (Wildman–Crippen LogP) is 2.65. The fourth-order valence-corrected chi connectivity index (χ4v) is 2.48. The third-order valence-electron chi connectivity index (χ3n) is 2.84. The van der Waals surface area contributed by atoms with E-state index in [1.54, 1.807) is 31.4 Å². The Morgan fingerprint density at radius 1 is 1.30 bits per heavy atom. The summed E-state index contributed by atoms with van der Waals surface area (Å²) in [6.45, 7) is 3.75. The maximum absolute atomic E-state index is 12.1. The van der Waals surface area contributed by atoms with Gasteiger partial charge in [0.25, 0.3) is 5.91 Å². The van der Waals surface area contributed by atoms with Crippen molar-refractivity contribution in [2.75, 3.05) is 11.9 Å². The molecule has 7 heteroatoms. The van der Waals surface area contributed by atoms with E-state index < -0.39 is 6.10 Å². The van der Waals surface area contributed by atoms with E-state index in [0.29, 0.717) is 23.2 Å². The first kappa shape index (κ1) is 17.0. The molecule has 1 amide bonds. The van der Waals surface area contributed by atoms with E-state index in [-0.39, 0.29) is 18.3 Å². The van der Waals surface area contributed by atoms with Crippen LogP contribution in [0.5, 0.6) is 5.75 Å². The van der Waals surface area contributed by atoms with Crippen molar-refractivity contribution in [3.05, 3.63) is 41.4 Å². The Morgan fingerprint density at radius 2 is 2.04 bits per heavy atom. The molecule has 0 fully saturated rings. The Morgan fingerprint density at radius 3 is 2.74 bits per heavy atom. The number of esters is 1. The Bertz CT molecular complexity index is 657. The van der Waals surface area contributed by atoms with Gasteiger partial charge in [-0.05, 0) is 26.0 Å². The highest BCUT2D eigenvalue weighted by Crippen LogP contribution is 2.17. The third-order valence-corrected chi connectivity index (χ3v) is 3.64. The number of nitrogens with zero attached hydrogens (tertiary/aromatic N) is 1. The second-order valence-electron chi connectivity index (χ2n) is 4.69. The van der Waals surface area contributed by atoms with Gasteiger partial charge in [0.1, 0.15) is 5.75 Å². The zero-order valence-electron chi connectivity index (χ0n) is 12.9. The summed E-state index contributed by atoms with van der Waals surface area (Å²) in [6, 6.07) is 9.11. The standard InChI is InChI=1S/C16H18N2O4S/c1-3-21-14(19)9-12-10-23-16(17-12)18-15(20)11(2)22-13-7-5-4-6-8-13/h4-8,10-11H,3,9H2,1-2H3,(H,17,18,20)/t11-/m1/s1. The smallest absolute Gasteiger partial charge is 0.311 e. The first-order valence-corrected chi connectivity index (χ1v) is 8.09. The van der Waals surface area contributed by atoms with Crippen molar-refractivity contribution in [1.82, 2.24) is 4.98 Å². The number of hydrogen-bond acceptors (Lipinski definition) is 6. The molecule has 0 aliphatic rings. The highest BCUT2D eigenvalue weighted by molar-refractivity contribution is 7.13.